The van der Waals surface area contributed by atoms with Crippen molar-refractivity contribution in [2.75, 3.05) is 34.0 Å². The summed E-state index contributed by atoms with van der Waals surface area (Å²) in [7, 11) is 2.84. The second kappa shape index (κ2) is 20.1. The van der Waals surface area contributed by atoms with E-state index in [9.17, 15) is 44.7 Å². The molecule has 3 rings (SSSR count). The van der Waals surface area contributed by atoms with Crippen molar-refractivity contribution in [1.82, 2.24) is 10.6 Å². The zero-order valence-electron chi connectivity index (χ0n) is 30.8. The van der Waals surface area contributed by atoms with Gasteiger partial charge in [0, 0.05) is 43.9 Å². The number of amides is 2. The molecule has 1 fully saturated rings. The van der Waals surface area contributed by atoms with Crippen LogP contribution in [0, 0.1) is 11.8 Å². The molecule has 0 aromatic rings. The molecule has 11 atom stereocenters. The van der Waals surface area contributed by atoms with Gasteiger partial charge in [-0.25, -0.2) is 4.79 Å². The minimum atomic E-state index is -1.64. The molecule has 1 aliphatic carbocycles. The van der Waals surface area contributed by atoms with E-state index in [1.165, 1.54) is 33.3 Å². The maximum Gasteiger partial charge on any atom is 0.405 e. The molecule has 2 bridgehead atoms. The molecule has 0 saturated carbocycles. The number of methoxy groups -OCH3 is 2. The number of nitrogens with one attached hydrogen (secondary N) is 2. The van der Waals surface area contributed by atoms with Gasteiger partial charge in [-0.1, -0.05) is 38.2 Å². The third-order valence-corrected chi connectivity index (χ3v) is 9.33. The highest BCUT2D eigenvalue weighted by atomic mass is 16.7. The average molecular weight is 752 g/mol. The molecule has 9 N–H and O–H groups in total. The fourth-order valence-electron chi connectivity index (χ4n) is 6.33. The first-order chi connectivity index (χ1) is 25.0. The lowest BCUT2D eigenvalue weighted by Gasteiger charge is -2.39. The van der Waals surface area contributed by atoms with Crippen molar-refractivity contribution in [3.05, 3.63) is 58.5 Å². The van der Waals surface area contributed by atoms with Crippen molar-refractivity contribution in [3.8, 4) is 0 Å². The van der Waals surface area contributed by atoms with E-state index < -0.39 is 91.2 Å². The van der Waals surface area contributed by atoms with Crippen LogP contribution < -0.4 is 16.4 Å². The number of carbonyl (C=O) groups excluding carboxylic acids is 4. The van der Waals surface area contributed by atoms with Gasteiger partial charge in [-0.15, -0.1) is 0 Å². The van der Waals surface area contributed by atoms with Gasteiger partial charge < -0.3 is 65.6 Å². The minimum absolute atomic E-state index is 0.0329. The Balaban J connectivity index is 1.94. The second-order valence-electron chi connectivity index (χ2n) is 13.4. The number of ketones is 2. The molecule has 0 unspecified atom stereocenters. The zero-order valence-corrected chi connectivity index (χ0v) is 30.8. The van der Waals surface area contributed by atoms with Gasteiger partial charge in [0.25, 0.3) is 5.91 Å². The number of aliphatic hydroxyl groups is 5. The summed E-state index contributed by atoms with van der Waals surface area (Å²) in [6.45, 7) is 5.86. The van der Waals surface area contributed by atoms with Gasteiger partial charge in [-0.3, -0.25) is 14.4 Å². The molecular weight excluding hydrogens is 698 g/mol. The number of Topliss-reactive ketones (excluding diaryl/α,β-unsaturated/α-hetero) is 1. The van der Waals surface area contributed by atoms with E-state index in [-0.39, 0.29) is 54.5 Å². The molecule has 17 nitrogen and oxygen atoms in total. The molecule has 2 amide bonds. The first-order valence-electron chi connectivity index (χ1n) is 17.3. The molecule has 296 valence electrons. The monoisotopic (exact) mass is 751 g/mol. The Labute approximate surface area is 308 Å². The Morgan fingerprint density at radius 1 is 1.04 bits per heavy atom. The molecule has 3 aliphatic rings. The Morgan fingerprint density at radius 2 is 1.74 bits per heavy atom. The number of primary amides is 1. The molecule has 1 saturated heterocycles. The van der Waals surface area contributed by atoms with Crippen molar-refractivity contribution in [2.45, 2.75) is 95.7 Å². The number of fused-ring (bicyclic) bond motifs is 2. The van der Waals surface area contributed by atoms with Gasteiger partial charge >= 0.3 is 6.09 Å². The van der Waals surface area contributed by atoms with Crippen LogP contribution in [-0.2, 0) is 38.1 Å². The number of aliphatic hydroxyl groups excluding tert-OH is 5. The van der Waals surface area contributed by atoms with Crippen molar-refractivity contribution < 1.29 is 68.4 Å². The molecule has 0 aromatic carbocycles. The topological polar surface area (TPSA) is 266 Å². The fraction of sp³-hybridized carbons (Fsp3) is 0.611. The highest BCUT2D eigenvalue weighted by Crippen LogP contribution is 2.29. The predicted octanol–water partition coefficient (Wildman–Crippen LogP) is -0.832. The summed E-state index contributed by atoms with van der Waals surface area (Å²) in [4.78, 5) is 52.4. The van der Waals surface area contributed by atoms with Crippen molar-refractivity contribution >= 4 is 23.6 Å². The average Bonchev–Trinajstić information content (AvgIpc) is 3.11. The Hall–Kier alpha value is -3.78. The Kier molecular flexibility index (Phi) is 16.5. The van der Waals surface area contributed by atoms with Crippen LogP contribution in [-0.4, -0.2) is 138 Å². The molecule has 0 spiro atoms. The van der Waals surface area contributed by atoms with E-state index in [1.807, 2.05) is 6.92 Å². The Morgan fingerprint density at radius 3 is 2.36 bits per heavy atom. The highest BCUT2D eigenvalue weighted by molar-refractivity contribution is 6.23. The van der Waals surface area contributed by atoms with Crippen LogP contribution in [0.2, 0.25) is 0 Å². The van der Waals surface area contributed by atoms with Crippen LogP contribution >= 0.6 is 0 Å². The lowest BCUT2D eigenvalue weighted by molar-refractivity contribution is -0.300. The summed E-state index contributed by atoms with van der Waals surface area (Å²) in [6.07, 6.45) is -4.54. The van der Waals surface area contributed by atoms with Crippen molar-refractivity contribution in [1.29, 1.82) is 0 Å². The molecule has 2 aliphatic heterocycles. The van der Waals surface area contributed by atoms with Gasteiger partial charge in [0.05, 0.1) is 36.8 Å². The number of rotatable bonds is 9. The summed E-state index contributed by atoms with van der Waals surface area (Å²) in [5.41, 5.74) is 5.83. The Bertz CT molecular complexity index is 1490. The first kappa shape index (κ1) is 43.6. The fourth-order valence-corrected chi connectivity index (χ4v) is 6.33. The number of nitrogens with two attached hydrogens (primary N) is 1. The summed E-state index contributed by atoms with van der Waals surface area (Å²) in [5, 5.41) is 56.6. The molecular formula is C36H53N3O14. The normalized spacial score (nSPS) is 36.4. The second-order valence-corrected chi connectivity index (χ2v) is 13.4. The van der Waals surface area contributed by atoms with Crippen LogP contribution in [0.15, 0.2) is 58.5 Å². The standard InChI is InChI=1S/C36H53N3O14/c1-17-12-21-27(38-10-11-51-35-32(46)31(45)30(44)26(16-40)52-35)23(41)15-22(29(21)43)39-34(47)18(2)8-7-9-24(49-5)33(53-36(37)48)20(4)14-19(3)28(42)25(13-17)50-6/h7-9,14-15,17,19,24-26,28,30-33,35,38,40,42,44-46H,10-13,16H2,1-6H3,(H2,37,48)(H,39,47)/b9-7-,18-8+,20-14+/t17-,19+,24+,25+,26-,28-,30-,31+,32-,33+,35-/m1/s1. The minimum Gasteiger partial charge on any atom is -0.439 e. The summed E-state index contributed by atoms with van der Waals surface area (Å²) >= 11 is 0. The van der Waals surface area contributed by atoms with Crippen LogP contribution in [0.1, 0.15) is 40.5 Å². The first-order valence-corrected chi connectivity index (χ1v) is 17.3. The predicted molar refractivity (Wildman–Crippen MR) is 187 cm³/mol. The van der Waals surface area contributed by atoms with Gasteiger partial charge in [0.2, 0.25) is 11.6 Å². The maximum atomic E-state index is 13.9. The van der Waals surface area contributed by atoms with Crippen LogP contribution in [0.3, 0.4) is 0 Å². The molecule has 2 heterocycles. The van der Waals surface area contributed by atoms with Crippen molar-refractivity contribution in [2.24, 2.45) is 17.6 Å². The smallest absolute Gasteiger partial charge is 0.405 e. The van der Waals surface area contributed by atoms with Gasteiger partial charge in [-0.2, -0.15) is 0 Å². The van der Waals surface area contributed by atoms with E-state index in [4.69, 9.17) is 29.4 Å². The lowest BCUT2D eigenvalue weighted by atomic mass is 9.85. The molecule has 0 radical (unpaired) electrons. The van der Waals surface area contributed by atoms with E-state index >= 15 is 0 Å². The number of allylic oxidation sites excluding steroid dienone is 4. The lowest BCUT2D eigenvalue weighted by Crippen LogP contribution is -2.59. The number of hydrogen-bond acceptors (Lipinski definition) is 15. The third-order valence-electron chi connectivity index (χ3n) is 9.33. The molecule has 53 heavy (non-hydrogen) atoms. The van der Waals surface area contributed by atoms with E-state index in [0.717, 1.165) is 6.08 Å². The summed E-state index contributed by atoms with van der Waals surface area (Å²) in [5.74, 6) is -2.76. The summed E-state index contributed by atoms with van der Waals surface area (Å²) < 4.78 is 27.5. The van der Waals surface area contributed by atoms with Crippen molar-refractivity contribution in [3.63, 3.8) is 0 Å². The number of hydrogen-bond donors (Lipinski definition) is 8. The number of ether oxygens (including phenoxy) is 5. The highest BCUT2D eigenvalue weighted by Gasteiger charge is 2.44. The zero-order chi connectivity index (χ0) is 39.6. The van der Waals surface area contributed by atoms with Gasteiger partial charge in [-0.05, 0) is 38.2 Å². The maximum absolute atomic E-state index is 13.9. The van der Waals surface area contributed by atoms with Crippen LogP contribution in [0.25, 0.3) is 0 Å². The van der Waals surface area contributed by atoms with Crippen LogP contribution in [0.5, 0.6) is 0 Å². The summed E-state index contributed by atoms with van der Waals surface area (Å²) in [6, 6.07) is 0. The van der Waals surface area contributed by atoms with Gasteiger partial charge in [0.15, 0.2) is 12.4 Å². The largest absolute Gasteiger partial charge is 0.439 e. The van der Waals surface area contributed by atoms with Gasteiger partial charge in [0.1, 0.15) is 30.5 Å². The van der Waals surface area contributed by atoms with E-state index in [0.29, 0.717) is 5.57 Å². The molecule has 0 aromatic heterocycles. The van der Waals surface area contributed by atoms with E-state index in [1.54, 1.807) is 26.0 Å². The number of carbonyl (C=O) groups is 4. The quantitative estimate of drug-likeness (QED) is 0.0812. The molecule has 17 heteroatoms. The third kappa shape index (κ3) is 11.4. The SMILES string of the molecule is CO[C@H]1/C=C\C=C(/C)C(=O)NC2=CC(=O)C(NCCO[C@@H]3O[C@H](CO)[C@@H](O)[C@H](O)[C@H]3O)=C(C[C@@H](C)C[C@H](OC)[C@H](O)[C@@H](C)/C=C(\C)[C@@H]1OC(N)=O)C2=O. The van der Waals surface area contributed by atoms with E-state index in [2.05, 4.69) is 10.6 Å². The van der Waals surface area contributed by atoms with Crippen LogP contribution in [0.4, 0.5) is 4.79 Å².